The summed E-state index contributed by atoms with van der Waals surface area (Å²) < 4.78 is 40.4. The lowest BCUT2D eigenvalue weighted by atomic mass is 10.0. The lowest BCUT2D eigenvalue weighted by Gasteiger charge is -2.16. The minimum absolute atomic E-state index is 0.0503. The summed E-state index contributed by atoms with van der Waals surface area (Å²) >= 11 is 1.18. The smallest absolute Gasteiger partial charge is 0.257 e. The predicted octanol–water partition coefficient (Wildman–Crippen LogP) is 4.52. The van der Waals surface area contributed by atoms with Gasteiger partial charge < -0.3 is 14.2 Å². The number of amides is 1. The van der Waals surface area contributed by atoms with Crippen molar-refractivity contribution in [3.8, 4) is 17.2 Å². The highest BCUT2D eigenvalue weighted by Crippen LogP contribution is 2.32. The minimum Gasteiger partial charge on any atom is -0.488 e. The van der Waals surface area contributed by atoms with E-state index in [9.17, 15) is 18.0 Å². The lowest BCUT2D eigenvalue weighted by molar-refractivity contribution is 0.0916. The van der Waals surface area contributed by atoms with Gasteiger partial charge in [-0.3, -0.25) is 14.9 Å². The van der Waals surface area contributed by atoms with Crippen molar-refractivity contribution in [2.75, 3.05) is 25.3 Å². The van der Waals surface area contributed by atoms with Crippen LogP contribution in [0.25, 0.3) is 0 Å². The number of aromatic nitrogens is 1. The van der Waals surface area contributed by atoms with Gasteiger partial charge in [-0.1, -0.05) is 11.3 Å². The Labute approximate surface area is 213 Å². The number of nitrogens with zero attached hydrogens (tertiary/aromatic N) is 1. The van der Waals surface area contributed by atoms with Gasteiger partial charge >= 0.3 is 0 Å². The van der Waals surface area contributed by atoms with E-state index in [2.05, 4.69) is 10.3 Å². The number of aryl methyl sites for hydroxylation is 1. The SMILES string of the molecule is COCC(C)Oc1cc(Oc2ccc(S(C)(=O)=O)cc2)cc(C(=O)Nc2nc3c(s2)C(=O)CCC3)c1. The molecule has 9 nitrogen and oxygen atoms in total. The van der Waals surface area contributed by atoms with Gasteiger partial charge in [0.2, 0.25) is 0 Å². The predicted molar refractivity (Wildman–Crippen MR) is 135 cm³/mol. The molecule has 0 radical (unpaired) electrons. The molecular weight excluding hydrogens is 504 g/mol. The van der Waals surface area contributed by atoms with Crippen molar-refractivity contribution in [1.29, 1.82) is 0 Å². The van der Waals surface area contributed by atoms with Gasteiger partial charge in [0.25, 0.3) is 5.91 Å². The van der Waals surface area contributed by atoms with Gasteiger partial charge in [0.05, 0.1) is 22.1 Å². The zero-order valence-corrected chi connectivity index (χ0v) is 21.7. The number of hydrogen-bond donors (Lipinski definition) is 1. The molecule has 1 amide bonds. The number of benzene rings is 2. The summed E-state index contributed by atoms with van der Waals surface area (Å²) in [6.45, 7) is 2.18. The first kappa shape index (κ1) is 25.8. The third-order valence-electron chi connectivity index (χ3n) is 5.36. The van der Waals surface area contributed by atoms with Crippen molar-refractivity contribution in [1.82, 2.24) is 4.98 Å². The molecule has 0 saturated carbocycles. The molecule has 0 saturated heterocycles. The zero-order chi connectivity index (χ0) is 25.9. The summed E-state index contributed by atoms with van der Waals surface area (Å²) in [7, 11) is -1.77. The Morgan fingerprint density at radius 2 is 1.83 bits per heavy atom. The molecule has 0 bridgehead atoms. The second-order valence-electron chi connectivity index (χ2n) is 8.45. The van der Waals surface area contributed by atoms with Crippen LogP contribution in [-0.4, -0.2) is 51.2 Å². The van der Waals surface area contributed by atoms with Crippen molar-refractivity contribution < 1.29 is 32.2 Å². The topological polar surface area (TPSA) is 121 Å². The maximum Gasteiger partial charge on any atom is 0.257 e. The molecule has 1 aliphatic rings. The normalized spacial score (nSPS) is 14.1. The van der Waals surface area contributed by atoms with Gasteiger partial charge in [0, 0.05) is 31.4 Å². The third kappa shape index (κ3) is 6.28. The van der Waals surface area contributed by atoms with Crippen LogP contribution in [0.2, 0.25) is 0 Å². The number of sulfone groups is 1. The van der Waals surface area contributed by atoms with Crippen molar-refractivity contribution in [2.24, 2.45) is 0 Å². The standard InChI is InChI=1S/C25H26N2O7S2/c1-15(14-32-2)33-18-11-16(24(29)27-25-26-21-5-4-6-22(28)23(21)35-25)12-19(13-18)34-17-7-9-20(10-8-17)36(3,30)31/h7-13,15H,4-6,14H2,1-3H3,(H,26,27,29). The zero-order valence-electron chi connectivity index (χ0n) is 20.1. The summed E-state index contributed by atoms with van der Waals surface area (Å²) in [6, 6.07) is 10.7. The van der Waals surface area contributed by atoms with Crippen LogP contribution in [0.4, 0.5) is 5.13 Å². The first-order chi connectivity index (χ1) is 17.1. The highest BCUT2D eigenvalue weighted by atomic mass is 32.2. The molecule has 1 N–H and O–H groups in total. The second kappa shape index (κ2) is 10.8. The monoisotopic (exact) mass is 530 g/mol. The van der Waals surface area contributed by atoms with E-state index in [1.54, 1.807) is 25.3 Å². The molecule has 0 fully saturated rings. The van der Waals surface area contributed by atoms with Crippen molar-refractivity contribution in [3.05, 3.63) is 58.6 Å². The van der Waals surface area contributed by atoms with Crippen LogP contribution in [0, 0.1) is 0 Å². The third-order valence-corrected chi connectivity index (χ3v) is 7.54. The summed E-state index contributed by atoms with van der Waals surface area (Å²) in [4.78, 5) is 30.4. The number of rotatable bonds is 9. The van der Waals surface area contributed by atoms with Gasteiger partial charge in [0.1, 0.15) is 23.4 Å². The van der Waals surface area contributed by atoms with Crippen LogP contribution in [-0.2, 0) is 21.0 Å². The van der Waals surface area contributed by atoms with E-state index >= 15 is 0 Å². The van der Waals surface area contributed by atoms with E-state index in [0.717, 1.165) is 18.4 Å². The van der Waals surface area contributed by atoms with E-state index in [1.807, 2.05) is 6.92 Å². The van der Waals surface area contributed by atoms with Crippen LogP contribution >= 0.6 is 11.3 Å². The highest BCUT2D eigenvalue weighted by molar-refractivity contribution is 7.90. The molecule has 1 heterocycles. The van der Waals surface area contributed by atoms with Crippen LogP contribution < -0.4 is 14.8 Å². The fourth-order valence-electron chi connectivity index (χ4n) is 3.71. The largest absolute Gasteiger partial charge is 0.488 e. The molecule has 0 spiro atoms. The van der Waals surface area contributed by atoms with E-state index in [0.29, 0.717) is 46.7 Å². The number of fused-ring (bicyclic) bond motifs is 1. The molecule has 2 aromatic carbocycles. The molecule has 1 atom stereocenters. The summed E-state index contributed by atoms with van der Waals surface area (Å²) in [5.41, 5.74) is 0.984. The number of ketones is 1. The maximum atomic E-state index is 13.1. The van der Waals surface area contributed by atoms with Crippen molar-refractivity contribution in [2.45, 2.75) is 37.2 Å². The average Bonchev–Trinajstić information content (AvgIpc) is 3.22. The quantitative estimate of drug-likeness (QED) is 0.429. The number of carbonyl (C=O) groups excluding carboxylic acids is 2. The number of hydrogen-bond acceptors (Lipinski definition) is 9. The first-order valence-electron chi connectivity index (χ1n) is 11.3. The summed E-state index contributed by atoms with van der Waals surface area (Å²) in [5.74, 6) is 0.721. The molecule has 11 heteroatoms. The number of anilines is 1. The minimum atomic E-state index is -3.34. The number of methoxy groups -OCH3 is 1. The van der Waals surface area contributed by atoms with Gasteiger partial charge in [-0.2, -0.15) is 0 Å². The van der Waals surface area contributed by atoms with Gasteiger partial charge in [-0.25, -0.2) is 13.4 Å². The molecule has 190 valence electrons. The molecular formula is C25H26N2O7S2. The van der Waals surface area contributed by atoms with Crippen LogP contribution in [0.5, 0.6) is 17.2 Å². The maximum absolute atomic E-state index is 13.1. The van der Waals surface area contributed by atoms with E-state index < -0.39 is 15.7 Å². The molecule has 4 rings (SSSR count). The number of carbonyl (C=O) groups is 2. The average molecular weight is 531 g/mol. The molecule has 1 aliphatic carbocycles. The van der Waals surface area contributed by atoms with Crippen molar-refractivity contribution in [3.63, 3.8) is 0 Å². The molecule has 0 aliphatic heterocycles. The van der Waals surface area contributed by atoms with Gasteiger partial charge in [-0.15, -0.1) is 0 Å². The Morgan fingerprint density at radius 1 is 1.11 bits per heavy atom. The van der Waals surface area contributed by atoms with Crippen LogP contribution in [0.15, 0.2) is 47.4 Å². The van der Waals surface area contributed by atoms with E-state index in [4.69, 9.17) is 14.2 Å². The number of nitrogens with one attached hydrogen (secondary N) is 1. The van der Waals surface area contributed by atoms with Gasteiger partial charge in [-0.05, 0) is 56.2 Å². The Kier molecular flexibility index (Phi) is 7.72. The Bertz CT molecular complexity index is 1380. The Morgan fingerprint density at radius 3 is 2.50 bits per heavy atom. The fraction of sp³-hybridized carbons (Fsp3) is 0.320. The molecule has 1 unspecified atom stereocenters. The van der Waals surface area contributed by atoms with Crippen LogP contribution in [0.3, 0.4) is 0 Å². The summed E-state index contributed by atoms with van der Waals surface area (Å²) in [6.07, 6.45) is 2.81. The number of Topliss-reactive ketones (excluding diaryl/α,β-unsaturated/α-hetero) is 1. The molecule has 36 heavy (non-hydrogen) atoms. The van der Waals surface area contributed by atoms with Crippen molar-refractivity contribution >= 4 is 38.0 Å². The summed E-state index contributed by atoms with van der Waals surface area (Å²) in [5, 5.41) is 3.13. The Hall–Kier alpha value is -3.28. The Balaban J connectivity index is 1.59. The molecule has 1 aromatic heterocycles. The number of thiazole rings is 1. The van der Waals surface area contributed by atoms with Gasteiger partial charge in [0.15, 0.2) is 20.8 Å². The van der Waals surface area contributed by atoms with E-state index in [1.165, 1.54) is 35.6 Å². The first-order valence-corrected chi connectivity index (χ1v) is 14.0. The second-order valence-corrected chi connectivity index (χ2v) is 11.5. The van der Waals surface area contributed by atoms with Crippen LogP contribution in [0.1, 0.15) is 45.5 Å². The lowest BCUT2D eigenvalue weighted by Crippen LogP contribution is -2.18. The molecule has 3 aromatic rings. The number of ether oxygens (including phenoxy) is 3. The van der Waals surface area contributed by atoms with E-state index in [-0.39, 0.29) is 22.3 Å². The fourth-order valence-corrected chi connectivity index (χ4v) is 5.32. The highest BCUT2D eigenvalue weighted by Gasteiger charge is 2.23.